The molecule has 31 heavy (non-hydrogen) atoms. The van der Waals surface area contributed by atoms with Crippen molar-refractivity contribution in [3.05, 3.63) is 44.5 Å². The number of likely N-dealkylation sites (tertiary alicyclic amines) is 1. The molecule has 0 bridgehead atoms. The molecule has 3 aromatic rings. The predicted molar refractivity (Wildman–Crippen MR) is 121 cm³/mol. The smallest absolute Gasteiger partial charge is 0.309 e. The van der Waals surface area contributed by atoms with Gasteiger partial charge in [0.15, 0.2) is 5.82 Å². The number of aromatic hydroxyl groups is 1. The van der Waals surface area contributed by atoms with E-state index < -0.39 is 0 Å². The number of esters is 1. The number of nitrogens with zero attached hydrogens (tertiary/aromatic N) is 4. The van der Waals surface area contributed by atoms with E-state index in [4.69, 9.17) is 27.9 Å². The van der Waals surface area contributed by atoms with Gasteiger partial charge in [-0.1, -0.05) is 47.5 Å². The fourth-order valence-corrected chi connectivity index (χ4v) is 5.64. The molecule has 4 rings (SSSR count). The predicted octanol–water partition coefficient (Wildman–Crippen LogP) is 4.73. The van der Waals surface area contributed by atoms with Crippen molar-refractivity contribution in [2.45, 2.75) is 39.2 Å². The fraction of sp³-hybridized carbons (Fsp3) is 0.476. The monoisotopic (exact) mass is 482 g/mol. The number of aromatic nitrogens is 3. The second-order valence-electron chi connectivity index (χ2n) is 7.50. The highest BCUT2D eigenvalue weighted by atomic mass is 35.5. The lowest BCUT2D eigenvalue weighted by atomic mass is 9.93. The first-order valence-corrected chi connectivity index (χ1v) is 11.9. The molecule has 1 aliphatic heterocycles. The molecule has 1 fully saturated rings. The van der Waals surface area contributed by atoms with Crippen LogP contribution in [0.1, 0.15) is 49.0 Å². The van der Waals surface area contributed by atoms with Gasteiger partial charge in [-0.3, -0.25) is 9.69 Å². The highest BCUT2D eigenvalue weighted by Gasteiger charge is 2.35. The minimum Gasteiger partial charge on any atom is -0.492 e. The summed E-state index contributed by atoms with van der Waals surface area (Å²) in [6.07, 6.45) is 2.06. The van der Waals surface area contributed by atoms with Gasteiger partial charge in [0.25, 0.3) is 0 Å². The summed E-state index contributed by atoms with van der Waals surface area (Å²) in [7, 11) is 0. The summed E-state index contributed by atoms with van der Waals surface area (Å²) >= 11 is 14.1. The van der Waals surface area contributed by atoms with Crippen LogP contribution in [0.15, 0.2) is 18.2 Å². The molecule has 166 valence electrons. The standard InChI is InChI=1S/C21H24Cl2N4O3S/c1-3-16-24-21-27(25-16)19(28)18(31-21)17(14-6-5-13(22)11-15(14)23)26-9-7-12(8-10-26)20(29)30-4-2/h5-6,11-12,17,28H,3-4,7-10H2,1-2H3/t17-/m1/s1. The zero-order chi connectivity index (χ0) is 22.1. The summed E-state index contributed by atoms with van der Waals surface area (Å²) in [5, 5.41) is 16.5. The van der Waals surface area contributed by atoms with Gasteiger partial charge < -0.3 is 9.84 Å². The third-order valence-corrected chi connectivity index (χ3v) is 7.21. The molecule has 2 aromatic heterocycles. The number of benzene rings is 1. The third-order valence-electron chi connectivity index (χ3n) is 5.58. The summed E-state index contributed by atoms with van der Waals surface area (Å²) in [5.41, 5.74) is 0.844. The number of hydrogen-bond donors (Lipinski definition) is 1. The van der Waals surface area contributed by atoms with Crippen LogP contribution in [0.2, 0.25) is 10.0 Å². The number of fused-ring (bicyclic) bond motifs is 1. The Kier molecular flexibility index (Phi) is 6.71. The van der Waals surface area contributed by atoms with E-state index in [9.17, 15) is 9.90 Å². The largest absolute Gasteiger partial charge is 0.492 e. The molecule has 7 nitrogen and oxygen atoms in total. The van der Waals surface area contributed by atoms with Gasteiger partial charge in [0.1, 0.15) is 0 Å². The maximum Gasteiger partial charge on any atom is 0.309 e. The van der Waals surface area contributed by atoms with Crippen molar-refractivity contribution >= 4 is 45.5 Å². The molecule has 1 N–H and O–H groups in total. The Balaban J connectivity index is 1.70. The molecule has 0 spiro atoms. The Labute approximate surface area is 194 Å². The van der Waals surface area contributed by atoms with Crippen molar-refractivity contribution in [1.29, 1.82) is 0 Å². The average molecular weight is 483 g/mol. The molecule has 0 radical (unpaired) electrons. The van der Waals surface area contributed by atoms with E-state index in [0.29, 0.717) is 59.8 Å². The van der Waals surface area contributed by atoms with Gasteiger partial charge in [-0.25, -0.2) is 4.98 Å². The van der Waals surface area contributed by atoms with Gasteiger partial charge in [-0.15, -0.1) is 5.10 Å². The van der Waals surface area contributed by atoms with E-state index in [-0.39, 0.29) is 23.8 Å². The highest BCUT2D eigenvalue weighted by molar-refractivity contribution is 7.17. The molecule has 0 amide bonds. The van der Waals surface area contributed by atoms with Gasteiger partial charge in [-0.2, -0.15) is 4.52 Å². The van der Waals surface area contributed by atoms with Gasteiger partial charge in [0.05, 0.1) is 23.4 Å². The second kappa shape index (κ2) is 9.32. The van der Waals surface area contributed by atoms with Crippen LogP contribution in [0.4, 0.5) is 0 Å². The topological polar surface area (TPSA) is 80.0 Å². The third kappa shape index (κ3) is 4.39. The lowest BCUT2D eigenvalue weighted by molar-refractivity contribution is -0.149. The average Bonchev–Trinajstić information content (AvgIpc) is 3.29. The Morgan fingerprint density at radius 3 is 2.68 bits per heavy atom. The van der Waals surface area contributed by atoms with E-state index in [2.05, 4.69) is 15.0 Å². The molecular weight excluding hydrogens is 459 g/mol. The zero-order valence-corrected chi connectivity index (χ0v) is 19.7. The molecule has 10 heteroatoms. The number of ether oxygens (including phenoxy) is 1. The van der Waals surface area contributed by atoms with Crippen molar-refractivity contribution in [1.82, 2.24) is 19.5 Å². The van der Waals surface area contributed by atoms with Gasteiger partial charge in [0, 0.05) is 16.5 Å². The number of rotatable bonds is 6. The number of thiazole rings is 1. The summed E-state index contributed by atoms with van der Waals surface area (Å²) in [6.45, 7) is 5.51. The van der Waals surface area contributed by atoms with E-state index in [0.717, 1.165) is 10.4 Å². The molecule has 3 heterocycles. The fourth-order valence-electron chi connectivity index (χ4n) is 4.00. The number of piperidine rings is 1. The van der Waals surface area contributed by atoms with E-state index in [1.54, 1.807) is 12.1 Å². The van der Waals surface area contributed by atoms with Crippen molar-refractivity contribution in [3.8, 4) is 5.88 Å². The Bertz CT molecular complexity index is 1090. The van der Waals surface area contributed by atoms with Crippen LogP contribution in [-0.2, 0) is 16.0 Å². The Morgan fingerprint density at radius 2 is 2.06 bits per heavy atom. The van der Waals surface area contributed by atoms with Crippen molar-refractivity contribution < 1.29 is 14.6 Å². The van der Waals surface area contributed by atoms with E-state index in [1.165, 1.54) is 15.9 Å². The zero-order valence-electron chi connectivity index (χ0n) is 17.3. The molecule has 1 aromatic carbocycles. The van der Waals surface area contributed by atoms with Crippen LogP contribution in [0.3, 0.4) is 0 Å². The maximum absolute atomic E-state index is 12.2. The number of carbonyl (C=O) groups is 1. The van der Waals surface area contributed by atoms with E-state index >= 15 is 0 Å². The lowest BCUT2D eigenvalue weighted by Gasteiger charge is -2.37. The first kappa shape index (κ1) is 22.3. The SMILES string of the molecule is CCOC(=O)C1CCN([C@H](c2ccc(Cl)cc2Cl)c2sc3nc(CC)nn3c2O)CC1. The number of hydrogen-bond acceptors (Lipinski definition) is 7. The summed E-state index contributed by atoms with van der Waals surface area (Å²) in [6, 6.07) is 5.09. The molecule has 1 saturated heterocycles. The van der Waals surface area contributed by atoms with Crippen LogP contribution >= 0.6 is 34.5 Å². The lowest BCUT2D eigenvalue weighted by Crippen LogP contribution is -2.39. The minimum absolute atomic E-state index is 0.0655. The molecular formula is C21H24Cl2N4O3S. The van der Waals surface area contributed by atoms with Crippen LogP contribution in [-0.4, -0.2) is 50.3 Å². The van der Waals surface area contributed by atoms with Crippen LogP contribution in [0.25, 0.3) is 4.96 Å². The maximum atomic E-state index is 12.2. The first-order valence-electron chi connectivity index (χ1n) is 10.4. The quantitative estimate of drug-likeness (QED) is 0.511. The van der Waals surface area contributed by atoms with Gasteiger partial charge >= 0.3 is 5.97 Å². The summed E-state index contributed by atoms with van der Waals surface area (Å²) < 4.78 is 6.69. The van der Waals surface area contributed by atoms with Crippen molar-refractivity contribution in [3.63, 3.8) is 0 Å². The number of halogens is 2. The van der Waals surface area contributed by atoms with Crippen LogP contribution in [0.5, 0.6) is 5.88 Å². The number of aryl methyl sites for hydroxylation is 1. The van der Waals surface area contributed by atoms with Crippen molar-refractivity contribution in [2.24, 2.45) is 5.92 Å². The summed E-state index contributed by atoms with van der Waals surface area (Å²) in [4.78, 5) is 20.3. The minimum atomic E-state index is -0.300. The van der Waals surface area contributed by atoms with Crippen molar-refractivity contribution in [2.75, 3.05) is 19.7 Å². The van der Waals surface area contributed by atoms with E-state index in [1.807, 2.05) is 19.9 Å². The molecule has 0 saturated carbocycles. The Morgan fingerprint density at radius 1 is 1.32 bits per heavy atom. The normalized spacial score (nSPS) is 16.6. The molecule has 1 atom stereocenters. The number of carbonyl (C=O) groups excluding carboxylic acids is 1. The first-order chi connectivity index (χ1) is 14.9. The summed E-state index contributed by atoms with van der Waals surface area (Å²) in [5.74, 6) is 0.498. The van der Waals surface area contributed by atoms with Crippen LogP contribution < -0.4 is 0 Å². The molecule has 1 aliphatic rings. The van der Waals surface area contributed by atoms with Gasteiger partial charge in [-0.05, 0) is 50.6 Å². The van der Waals surface area contributed by atoms with Gasteiger partial charge in [0.2, 0.25) is 10.8 Å². The second-order valence-corrected chi connectivity index (χ2v) is 9.35. The molecule has 0 aliphatic carbocycles. The molecule has 0 unspecified atom stereocenters. The van der Waals surface area contributed by atoms with Crippen LogP contribution in [0, 0.1) is 5.92 Å². The Hall–Kier alpha value is -1.87. The highest BCUT2D eigenvalue weighted by Crippen LogP contribution is 2.43.